The molecule has 1 N–H and O–H groups in total. The van der Waals surface area contributed by atoms with Gasteiger partial charge in [0.05, 0.1) is 12.2 Å². The van der Waals surface area contributed by atoms with Crippen molar-refractivity contribution in [2.45, 2.75) is 11.5 Å². The number of amides is 1. The fourth-order valence-corrected chi connectivity index (χ4v) is 2.65. The third kappa shape index (κ3) is 3.85. The van der Waals surface area contributed by atoms with Crippen LogP contribution in [0.25, 0.3) is 0 Å². The van der Waals surface area contributed by atoms with E-state index in [9.17, 15) is 4.79 Å². The minimum atomic E-state index is -0.183. The summed E-state index contributed by atoms with van der Waals surface area (Å²) in [6, 6.07) is 12.9. The Bertz CT molecular complexity index is 631. The van der Waals surface area contributed by atoms with Crippen LogP contribution in [0.15, 0.2) is 51.8 Å². The van der Waals surface area contributed by atoms with Gasteiger partial charge in [0.2, 0.25) is 0 Å². The Morgan fingerprint density at radius 1 is 1.30 bits per heavy atom. The zero-order chi connectivity index (χ0) is 14.5. The molecule has 2 aromatic carbocycles. The average Bonchev–Trinajstić information content (AvgIpc) is 2.39. The summed E-state index contributed by atoms with van der Waals surface area (Å²) >= 11 is 7.66. The predicted octanol–water partition coefficient (Wildman–Crippen LogP) is 4.14. The van der Waals surface area contributed by atoms with Gasteiger partial charge in [-0.15, -0.1) is 12.6 Å². The van der Waals surface area contributed by atoms with E-state index < -0.39 is 0 Å². The molecule has 0 aromatic heterocycles. The summed E-state index contributed by atoms with van der Waals surface area (Å²) in [6.07, 6.45) is 0. The first-order chi connectivity index (χ1) is 9.60. The molecule has 0 fully saturated rings. The fraction of sp³-hybridized carbons (Fsp3) is 0.133. The normalized spacial score (nSPS) is 10.3. The van der Waals surface area contributed by atoms with Crippen LogP contribution in [0.5, 0.6) is 0 Å². The maximum absolute atomic E-state index is 12.2. The van der Waals surface area contributed by atoms with Crippen molar-refractivity contribution >= 4 is 40.2 Å². The van der Waals surface area contributed by atoms with E-state index in [2.05, 4.69) is 33.9 Å². The summed E-state index contributed by atoms with van der Waals surface area (Å²) in [5.74, 6) is -0.183. The van der Waals surface area contributed by atoms with Gasteiger partial charge in [-0.1, -0.05) is 28.1 Å². The Hall–Kier alpha value is -1.30. The van der Waals surface area contributed by atoms with Crippen molar-refractivity contribution < 1.29 is 9.53 Å². The lowest BCUT2D eigenvalue weighted by Gasteiger charge is -2.09. The number of anilines is 1. The number of halogens is 1. The third-order valence-corrected chi connectivity index (χ3v) is 3.56. The monoisotopic (exact) mass is 351 g/mol. The molecule has 2 aromatic rings. The van der Waals surface area contributed by atoms with E-state index in [1.807, 2.05) is 30.3 Å². The number of hydrogen-bond donors (Lipinski definition) is 2. The number of nitrogens with one attached hydrogen (secondary N) is 1. The maximum Gasteiger partial charge on any atom is 0.256 e. The molecule has 2 rings (SSSR count). The van der Waals surface area contributed by atoms with Crippen LogP contribution in [0.1, 0.15) is 15.9 Å². The largest absolute Gasteiger partial charge is 0.380 e. The number of thiol groups is 1. The van der Waals surface area contributed by atoms with Crippen LogP contribution >= 0.6 is 28.6 Å². The van der Waals surface area contributed by atoms with Crippen molar-refractivity contribution in [3.63, 3.8) is 0 Å². The van der Waals surface area contributed by atoms with Gasteiger partial charge in [-0.3, -0.25) is 4.79 Å². The Balaban J connectivity index is 2.17. The highest BCUT2D eigenvalue weighted by Gasteiger charge is 2.10. The lowest BCUT2D eigenvalue weighted by molar-refractivity contribution is 0.102. The van der Waals surface area contributed by atoms with E-state index in [0.29, 0.717) is 17.1 Å². The quantitative estimate of drug-likeness (QED) is 0.812. The number of ether oxygens (including phenoxy) is 1. The summed E-state index contributed by atoms with van der Waals surface area (Å²) in [5, 5.41) is 2.86. The highest BCUT2D eigenvalue weighted by atomic mass is 79.9. The topological polar surface area (TPSA) is 38.3 Å². The van der Waals surface area contributed by atoms with Crippen molar-refractivity contribution in [1.82, 2.24) is 0 Å². The summed E-state index contributed by atoms with van der Waals surface area (Å²) in [7, 11) is 1.64. The molecule has 5 heteroatoms. The lowest BCUT2D eigenvalue weighted by Crippen LogP contribution is -2.12. The molecular formula is C15H14BrNO2S. The van der Waals surface area contributed by atoms with Crippen LogP contribution in [0.4, 0.5) is 5.69 Å². The molecule has 3 nitrogen and oxygen atoms in total. The minimum absolute atomic E-state index is 0.183. The maximum atomic E-state index is 12.2. The molecule has 20 heavy (non-hydrogen) atoms. The molecule has 0 aliphatic heterocycles. The second kappa shape index (κ2) is 6.92. The number of hydrogen-bond acceptors (Lipinski definition) is 3. The first kappa shape index (κ1) is 15.1. The first-order valence-electron chi connectivity index (χ1n) is 5.98. The fourth-order valence-electron chi connectivity index (χ4n) is 1.80. The summed E-state index contributed by atoms with van der Waals surface area (Å²) < 4.78 is 5.96. The standard InChI is InChI=1S/C15H14BrNO2S/c1-19-9-10-3-2-4-12(7-10)17-15(18)13-6-5-11(16)8-14(13)20/h2-8,20H,9H2,1H3,(H,17,18). The highest BCUT2D eigenvalue weighted by Crippen LogP contribution is 2.21. The number of carbonyl (C=O) groups is 1. The summed E-state index contributed by atoms with van der Waals surface area (Å²) in [6.45, 7) is 0.514. The van der Waals surface area contributed by atoms with Gasteiger partial charge in [0, 0.05) is 22.2 Å². The average molecular weight is 352 g/mol. The molecule has 0 saturated heterocycles. The molecule has 0 heterocycles. The third-order valence-electron chi connectivity index (χ3n) is 2.70. The van der Waals surface area contributed by atoms with Crippen molar-refractivity contribution in [3.8, 4) is 0 Å². The van der Waals surface area contributed by atoms with Gasteiger partial charge in [0.25, 0.3) is 5.91 Å². The molecule has 0 saturated carbocycles. The van der Waals surface area contributed by atoms with Crippen LogP contribution in [0.2, 0.25) is 0 Å². The van der Waals surface area contributed by atoms with Gasteiger partial charge in [0.15, 0.2) is 0 Å². The van der Waals surface area contributed by atoms with Crippen LogP contribution in [-0.4, -0.2) is 13.0 Å². The molecule has 0 unspecified atom stereocenters. The van der Waals surface area contributed by atoms with E-state index in [0.717, 1.165) is 15.7 Å². The van der Waals surface area contributed by atoms with Crippen LogP contribution in [0.3, 0.4) is 0 Å². The zero-order valence-corrected chi connectivity index (χ0v) is 13.4. The predicted molar refractivity (Wildman–Crippen MR) is 86.5 cm³/mol. The molecule has 1 amide bonds. The van der Waals surface area contributed by atoms with Crippen LogP contribution in [-0.2, 0) is 11.3 Å². The SMILES string of the molecule is COCc1cccc(NC(=O)c2ccc(Br)cc2S)c1. The molecule has 0 atom stereocenters. The van der Waals surface area contributed by atoms with Gasteiger partial charge in [-0.2, -0.15) is 0 Å². The van der Waals surface area contributed by atoms with Crippen molar-refractivity contribution in [1.29, 1.82) is 0 Å². The molecule has 0 aliphatic rings. The summed E-state index contributed by atoms with van der Waals surface area (Å²) in [4.78, 5) is 12.8. The van der Waals surface area contributed by atoms with Crippen molar-refractivity contribution in [2.24, 2.45) is 0 Å². The number of benzene rings is 2. The Labute approximate surface area is 131 Å². The number of carbonyl (C=O) groups excluding carboxylic acids is 1. The zero-order valence-electron chi connectivity index (χ0n) is 10.9. The van der Waals surface area contributed by atoms with Gasteiger partial charge < -0.3 is 10.1 Å². The van der Waals surface area contributed by atoms with Gasteiger partial charge in [-0.05, 0) is 35.9 Å². The number of methoxy groups -OCH3 is 1. The van der Waals surface area contributed by atoms with Crippen molar-refractivity contribution in [3.05, 3.63) is 58.1 Å². The Kier molecular flexibility index (Phi) is 5.23. The molecule has 0 radical (unpaired) electrons. The molecule has 0 spiro atoms. The number of rotatable bonds is 4. The first-order valence-corrected chi connectivity index (χ1v) is 7.22. The summed E-state index contributed by atoms with van der Waals surface area (Å²) in [5.41, 5.74) is 2.28. The molecule has 104 valence electrons. The minimum Gasteiger partial charge on any atom is -0.380 e. The van der Waals surface area contributed by atoms with E-state index in [4.69, 9.17) is 4.74 Å². The molecule has 0 aliphatic carbocycles. The van der Waals surface area contributed by atoms with Crippen LogP contribution in [0, 0.1) is 0 Å². The van der Waals surface area contributed by atoms with E-state index in [1.165, 1.54) is 0 Å². The Morgan fingerprint density at radius 3 is 2.80 bits per heavy atom. The lowest BCUT2D eigenvalue weighted by atomic mass is 10.2. The Morgan fingerprint density at radius 2 is 2.10 bits per heavy atom. The van der Waals surface area contributed by atoms with E-state index >= 15 is 0 Å². The van der Waals surface area contributed by atoms with Gasteiger partial charge in [0.1, 0.15) is 0 Å². The second-order valence-corrected chi connectivity index (χ2v) is 5.65. The van der Waals surface area contributed by atoms with E-state index in [1.54, 1.807) is 19.2 Å². The molecule has 0 bridgehead atoms. The smallest absolute Gasteiger partial charge is 0.256 e. The van der Waals surface area contributed by atoms with Crippen LogP contribution < -0.4 is 5.32 Å². The van der Waals surface area contributed by atoms with E-state index in [-0.39, 0.29) is 5.91 Å². The second-order valence-electron chi connectivity index (χ2n) is 4.25. The highest BCUT2D eigenvalue weighted by molar-refractivity contribution is 9.10. The van der Waals surface area contributed by atoms with Gasteiger partial charge in [-0.25, -0.2) is 0 Å². The van der Waals surface area contributed by atoms with Gasteiger partial charge >= 0.3 is 0 Å². The molecular weight excluding hydrogens is 338 g/mol. The van der Waals surface area contributed by atoms with Crippen molar-refractivity contribution in [2.75, 3.05) is 12.4 Å².